The SMILES string of the molecule is O=[N+]([O-])c1ccc(-n2c(O)ccc2O)c(Br)c1. The molecule has 1 aromatic heterocycles. The molecule has 2 rings (SSSR count). The van der Waals surface area contributed by atoms with Gasteiger partial charge in [0, 0.05) is 28.7 Å². The Balaban J connectivity index is 2.58. The van der Waals surface area contributed by atoms with Crippen molar-refractivity contribution in [2.24, 2.45) is 0 Å². The van der Waals surface area contributed by atoms with Gasteiger partial charge in [0.1, 0.15) is 0 Å². The van der Waals surface area contributed by atoms with Crippen LogP contribution in [0.1, 0.15) is 0 Å². The Bertz CT molecular complexity index is 574. The maximum Gasteiger partial charge on any atom is 0.270 e. The van der Waals surface area contributed by atoms with Gasteiger partial charge in [-0.1, -0.05) is 0 Å². The summed E-state index contributed by atoms with van der Waals surface area (Å²) < 4.78 is 1.56. The molecule has 0 saturated heterocycles. The monoisotopic (exact) mass is 298 g/mol. The lowest BCUT2D eigenvalue weighted by molar-refractivity contribution is -0.384. The van der Waals surface area contributed by atoms with Crippen molar-refractivity contribution < 1.29 is 15.1 Å². The molecule has 0 aliphatic rings. The summed E-state index contributed by atoms with van der Waals surface area (Å²) >= 11 is 3.16. The Morgan fingerprint density at radius 3 is 2.24 bits per heavy atom. The lowest BCUT2D eigenvalue weighted by Gasteiger charge is -2.08. The summed E-state index contributed by atoms with van der Waals surface area (Å²) in [4.78, 5) is 10.0. The molecule has 0 unspecified atom stereocenters. The van der Waals surface area contributed by atoms with Crippen LogP contribution < -0.4 is 0 Å². The molecule has 0 radical (unpaired) electrons. The average molecular weight is 299 g/mol. The van der Waals surface area contributed by atoms with Crippen LogP contribution in [-0.4, -0.2) is 19.7 Å². The van der Waals surface area contributed by atoms with Crippen molar-refractivity contribution >= 4 is 21.6 Å². The van der Waals surface area contributed by atoms with Crippen LogP contribution in [0.4, 0.5) is 5.69 Å². The minimum atomic E-state index is -0.524. The van der Waals surface area contributed by atoms with Crippen LogP contribution in [0.25, 0.3) is 5.69 Å². The van der Waals surface area contributed by atoms with Crippen molar-refractivity contribution in [2.45, 2.75) is 0 Å². The van der Waals surface area contributed by atoms with Gasteiger partial charge in [-0.05, 0) is 22.0 Å². The minimum absolute atomic E-state index is 0.0771. The third-order valence-corrected chi connectivity index (χ3v) is 2.86. The fourth-order valence-electron chi connectivity index (χ4n) is 1.45. The Hall–Kier alpha value is -2.02. The van der Waals surface area contributed by atoms with Crippen molar-refractivity contribution in [3.8, 4) is 17.4 Å². The van der Waals surface area contributed by atoms with Crippen LogP contribution in [-0.2, 0) is 0 Å². The maximum absolute atomic E-state index is 10.6. The van der Waals surface area contributed by atoms with Crippen LogP contribution in [0.5, 0.6) is 11.8 Å². The molecule has 0 aliphatic heterocycles. The molecule has 0 spiro atoms. The molecule has 0 atom stereocenters. The first-order valence-electron chi connectivity index (χ1n) is 4.54. The van der Waals surface area contributed by atoms with E-state index in [1.165, 1.54) is 30.3 Å². The lowest BCUT2D eigenvalue weighted by Crippen LogP contribution is -1.95. The zero-order chi connectivity index (χ0) is 12.6. The first-order valence-corrected chi connectivity index (χ1v) is 5.34. The lowest BCUT2D eigenvalue weighted by atomic mass is 10.3. The smallest absolute Gasteiger partial charge is 0.270 e. The molecule has 2 aromatic rings. The van der Waals surface area contributed by atoms with Gasteiger partial charge < -0.3 is 10.2 Å². The minimum Gasteiger partial charge on any atom is -0.494 e. The number of benzene rings is 1. The fraction of sp³-hybridized carbons (Fsp3) is 0. The second kappa shape index (κ2) is 4.10. The quantitative estimate of drug-likeness (QED) is 0.659. The summed E-state index contributed by atoms with van der Waals surface area (Å²) in [7, 11) is 0. The van der Waals surface area contributed by atoms with Crippen LogP contribution in [0.3, 0.4) is 0 Å². The first kappa shape index (κ1) is 11.5. The molecule has 0 fully saturated rings. The van der Waals surface area contributed by atoms with Crippen LogP contribution in [0.2, 0.25) is 0 Å². The van der Waals surface area contributed by atoms with E-state index < -0.39 is 4.92 Å². The van der Waals surface area contributed by atoms with E-state index in [9.17, 15) is 20.3 Å². The summed E-state index contributed by atoms with van der Waals surface area (Å²) in [6.07, 6.45) is 0. The van der Waals surface area contributed by atoms with E-state index in [2.05, 4.69) is 15.9 Å². The van der Waals surface area contributed by atoms with Crippen molar-refractivity contribution in [3.63, 3.8) is 0 Å². The Labute approximate surface area is 104 Å². The molecule has 6 nitrogen and oxygen atoms in total. The van der Waals surface area contributed by atoms with E-state index in [1.54, 1.807) is 0 Å². The summed E-state index contributed by atoms with van der Waals surface area (Å²) in [6.45, 7) is 0. The molecule has 0 aliphatic carbocycles. The molecular formula is C10H7BrN2O4. The summed E-state index contributed by atoms with van der Waals surface area (Å²) in [5.74, 6) is -0.311. The van der Waals surface area contributed by atoms with Crippen LogP contribution in [0, 0.1) is 10.1 Å². The van der Waals surface area contributed by atoms with Gasteiger partial charge >= 0.3 is 0 Å². The van der Waals surface area contributed by atoms with E-state index in [4.69, 9.17) is 0 Å². The van der Waals surface area contributed by atoms with Crippen molar-refractivity contribution in [1.29, 1.82) is 0 Å². The number of halogens is 1. The van der Waals surface area contributed by atoms with Gasteiger partial charge in [0.15, 0.2) is 11.8 Å². The van der Waals surface area contributed by atoms with Gasteiger partial charge in [-0.25, -0.2) is 0 Å². The largest absolute Gasteiger partial charge is 0.494 e. The van der Waals surface area contributed by atoms with E-state index in [0.717, 1.165) is 4.57 Å². The highest BCUT2D eigenvalue weighted by Gasteiger charge is 2.14. The van der Waals surface area contributed by atoms with Crippen LogP contribution in [0.15, 0.2) is 34.8 Å². The number of aromatic hydroxyl groups is 2. The maximum atomic E-state index is 10.6. The molecular weight excluding hydrogens is 292 g/mol. The number of hydrogen-bond donors (Lipinski definition) is 2. The van der Waals surface area contributed by atoms with Crippen molar-refractivity contribution in [3.05, 3.63) is 44.9 Å². The molecule has 2 N–H and O–H groups in total. The van der Waals surface area contributed by atoms with Gasteiger partial charge in [0.05, 0.1) is 10.6 Å². The summed E-state index contributed by atoms with van der Waals surface area (Å²) in [6, 6.07) is 6.67. The van der Waals surface area contributed by atoms with Gasteiger partial charge in [-0.15, -0.1) is 0 Å². The zero-order valence-corrected chi connectivity index (χ0v) is 9.96. The number of hydrogen-bond acceptors (Lipinski definition) is 4. The normalized spacial score (nSPS) is 10.4. The number of nitro benzene ring substituents is 1. The standard InChI is InChI=1S/C10H7BrN2O4/c11-7-5-6(13(16)17)1-2-8(7)12-9(14)3-4-10(12)15/h1-5,14-15H. The molecule has 1 aromatic carbocycles. The van der Waals surface area contributed by atoms with Crippen molar-refractivity contribution in [1.82, 2.24) is 4.57 Å². The second-order valence-corrected chi connectivity index (χ2v) is 4.13. The molecule has 7 heteroatoms. The summed E-state index contributed by atoms with van der Waals surface area (Å²) in [5.41, 5.74) is 0.336. The predicted molar refractivity (Wildman–Crippen MR) is 63.5 cm³/mol. The van der Waals surface area contributed by atoms with Gasteiger partial charge in [-0.2, -0.15) is 0 Å². The number of nitro groups is 1. The van der Waals surface area contributed by atoms with E-state index >= 15 is 0 Å². The average Bonchev–Trinajstić information content (AvgIpc) is 2.59. The zero-order valence-electron chi connectivity index (χ0n) is 8.37. The van der Waals surface area contributed by atoms with Gasteiger partial charge in [0.2, 0.25) is 0 Å². The number of non-ortho nitro benzene ring substituents is 1. The molecule has 0 bridgehead atoms. The fourth-order valence-corrected chi connectivity index (χ4v) is 2.00. The Kier molecular flexibility index (Phi) is 2.76. The number of aromatic nitrogens is 1. The molecule has 0 saturated carbocycles. The van der Waals surface area contributed by atoms with Gasteiger partial charge in [0.25, 0.3) is 5.69 Å². The van der Waals surface area contributed by atoms with E-state index in [1.807, 2.05) is 0 Å². The molecule has 1 heterocycles. The van der Waals surface area contributed by atoms with Crippen LogP contribution >= 0.6 is 15.9 Å². The highest BCUT2D eigenvalue weighted by molar-refractivity contribution is 9.10. The van der Waals surface area contributed by atoms with Crippen molar-refractivity contribution in [2.75, 3.05) is 0 Å². The third-order valence-electron chi connectivity index (χ3n) is 2.22. The predicted octanol–water partition coefficient (Wildman–Crippen LogP) is 2.56. The van der Waals surface area contributed by atoms with Gasteiger partial charge in [-0.3, -0.25) is 14.7 Å². The first-order chi connectivity index (χ1) is 8.00. The number of rotatable bonds is 2. The second-order valence-electron chi connectivity index (χ2n) is 3.28. The highest BCUT2D eigenvalue weighted by Crippen LogP contribution is 2.33. The summed E-state index contributed by atoms with van der Waals surface area (Å²) in [5, 5.41) is 29.6. The third kappa shape index (κ3) is 1.96. The molecule has 88 valence electrons. The van der Waals surface area contributed by atoms with E-state index in [0.29, 0.717) is 10.2 Å². The Morgan fingerprint density at radius 1 is 1.18 bits per heavy atom. The molecule has 17 heavy (non-hydrogen) atoms. The Morgan fingerprint density at radius 2 is 1.76 bits per heavy atom. The molecule has 0 amide bonds. The topological polar surface area (TPSA) is 88.5 Å². The van der Waals surface area contributed by atoms with E-state index in [-0.39, 0.29) is 17.4 Å². The number of nitrogens with zero attached hydrogens (tertiary/aromatic N) is 2. The highest BCUT2D eigenvalue weighted by atomic mass is 79.9.